The molecule has 0 saturated carbocycles. The Labute approximate surface area is 250 Å². The molecule has 4 rings (SSSR count). The van der Waals surface area contributed by atoms with Crippen molar-refractivity contribution in [3.05, 3.63) is 87.5 Å². The van der Waals surface area contributed by atoms with Gasteiger partial charge in [0.05, 0.1) is 12.8 Å². The molecule has 1 fully saturated rings. The van der Waals surface area contributed by atoms with Crippen LogP contribution in [-0.2, 0) is 19.5 Å². The van der Waals surface area contributed by atoms with E-state index in [9.17, 15) is 0 Å². The first-order valence-electron chi connectivity index (χ1n) is 12.4. The molecule has 0 aliphatic carbocycles. The third-order valence-corrected chi connectivity index (χ3v) is 6.34. The van der Waals surface area contributed by atoms with Gasteiger partial charge in [-0.2, -0.15) is 0 Å². The van der Waals surface area contributed by atoms with Gasteiger partial charge in [-0.05, 0) is 96.2 Å². The van der Waals surface area contributed by atoms with Crippen molar-refractivity contribution in [1.82, 2.24) is 0 Å². The van der Waals surface area contributed by atoms with Crippen LogP contribution in [0.4, 0.5) is 11.4 Å². The van der Waals surface area contributed by atoms with E-state index in [-0.39, 0.29) is 50.4 Å². The van der Waals surface area contributed by atoms with E-state index in [2.05, 4.69) is 88.6 Å². The summed E-state index contributed by atoms with van der Waals surface area (Å²) in [4.78, 5) is 5.06. The molecule has 3 aromatic carbocycles. The summed E-state index contributed by atoms with van der Waals surface area (Å²) in [6, 6.07) is 17.3. The van der Waals surface area contributed by atoms with E-state index in [0.717, 1.165) is 25.5 Å². The van der Waals surface area contributed by atoms with E-state index in [1.807, 2.05) is 32.0 Å². The van der Waals surface area contributed by atoms with Crippen LogP contribution < -0.4 is 39.4 Å². The Hall–Kier alpha value is -1.74. The number of aryl methyl sites for hydroxylation is 7. The van der Waals surface area contributed by atoms with Crippen molar-refractivity contribution in [1.29, 1.82) is 0 Å². The van der Waals surface area contributed by atoms with Crippen LogP contribution in [0.1, 0.15) is 52.8 Å². The van der Waals surface area contributed by atoms with Gasteiger partial charge in [0.25, 0.3) is 0 Å². The molecular weight excluding hydrogens is 588 g/mol. The fraction of sp³-hybridized carbons (Fsp3) is 0.419. The van der Waals surface area contributed by atoms with Crippen molar-refractivity contribution >= 4 is 11.4 Å². The van der Waals surface area contributed by atoms with Gasteiger partial charge in [0.1, 0.15) is 5.75 Å². The first kappa shape index (κ1) is 35.3. The van der Waals surface area contributed by atoms with E-state index >= 15 is 0 Å². The van der Waals surface area contributed by atoms with Gasteiger partial charge in [0.2, 0.25) is 0 Å². The summed E-state index contributed by atoms with van der Waals surface area (Å²) in [5, 5.41) is 0. The van der Waals surface area contributed by atoms with Crippen molar-refractivity contribution in [2.24, 2.45) is 0 Å². The normalized spacial score (nSPS) is 12.2. The Morgan fingerprint density at radius 1 is 0.622 bits per heavy atom. The third kappa shape index (κ3) is 9.20. The molecule has 6 heteroatoms. The van der Waals surface area contributed by atoms with Gasteiger partial charge < -0.3 is 39.4 Å². The summed E-state index contributed by atoms with van der Waals surface area (Å²) in [6.45, 7) is 22.6. The molecular formula is C31H42Cl2N2ORu+4. The number of hydrogen-bond acceptors (Lipinski definition) is 3. The third-order valence-electron chi connectivity index (χ3n) is 6.34. The van der Waals surface area contributed by atoms with Crippen LogP contribution in [0.5, 0.6) is 5.75 Å². The topological polar surface area (TPSA) is 15.7 Å². The maximum Gasteiger partial charge on any atom is 6.00 e. The maximum absolute atomic E-state index is 5.54. The molecule has 0 amide bonds. The van der Waals surface area contributed by atoms with Crippen LogP contribution in [0.3, 0.4) is 0 Å². The maximum atomic E-state index is 5.54. The fourth-order valence-electron chi connectivity index (χ4n) is 5.24. The molecule has 0 aromatic heterocycles. The summed E-state index contributed by atoms with van der Waals surface area (Å²) in [5.74, 6) is 0.988. The van der Waals surface area contributed by atoms with Gasteiger partial charge in [0, 0.05) is 24.5 Å². The zero-order chi connectivity index (χ0) is 25.0. The fourth-order valence-corrected chi connectivity index (χ4v) is 5.24. The molecule has 3 nitrogen and oxygen atoms in total. The minimum Gasteiger partial charge on any atom is -1.00 e. The van der Waals surface area contributed by atoms with Gasteiger partial charge >= 0.3 is 19.5 Å². The second-order valence-electron chi connectivity index (χ2n) is 10.1. The average molecular weight is 631 g/mol. The van der Waals surface area contributed by atoms with Gasteiger partial charge in [-0.1, -0.05) is 53.6 Å². The van der Waals surface area contributed by atoms with E-state index < -0.39 is 0 Å². The molecule has 200 valence electrons. The van der Waals surface area contributed by atoms with Crippen molar-refractivity contribution in [3.63, 3.8) is 0 Å². The summed E-state index contributed by atoms with van der Waals surface area (Å²) in [5.41, 5.74) is 12.3. The molecule has 1 aliphatic heterocycles. The molecule has 1 aliphatic rings. The number of halogens is 2. The van der Waals surface area contributed by atoms with Gasteiger partial charge in [-0.15, -0.1) is 0 Å². The smallest absolute Gasteiger partial charge is 1.00 e. The van der Waals surface area contributed by atoms with Gasteiger partial charge in [-0.25, -0.2) is 0 Å². The summed E-state index contributed by atoms with van der Waals surface area (Å²) < 4.78 is 5.54. The quantitative estimate of drug-likeness (QED) is 0.408. The van der Waals surface area contributed by atoms with E-state index in [4.69, 9.17) is 4.74 Å². The van der Waals surface area contributed by atoms with Crippen molar-refractivity contribution < 1.29 is 49.0 Å². The molecule has 1 heterocycles. The van der Waals surface area contributed by atoms with Crippen LogP contribution >= 0.6 is 0 Å². The molecule has 0 unspecified atom stereocenters. The zero-order valence-electron chi connectivity index (χ0n) is 23.7. The molecule has 3 aromatic rings. The molecule has 0 atom stereocenters. The predicted molar refractivity (Wildman–Crippen MR) is 148 cm³/mol. The van der Waals surface area contributed by atoms with Crippen LogP contribution in [0, 0.1) is 48.5 Å². The SMILES string of the molecule is Cc1cc(C)c(N2CCN(c3c(C)cc(C)cc3C)C2)c(C)c1.Cc1ccccc1OC(C)C.[Cl-].[Cl-].[Ru+6]. The largest absolute Gasteiger partial charge is 6.00 e. The van der Waals surface area contributed by atoms with Crippen LogP contribution in [-0.4, -0.2) is 25.9 Å². The Bertz CT molecular complexity index is 1040. The van der Waals surface area contributed by atoms with Crippen LogP contribution in [0.15, 0.2) is 48.5 Å². The number of hydrogen-bond donors (Lipinski definition) is 0. The van der Waals surface area contributed by atoms with Crippen LogP contribution in [0.2, 0.25) is 0 Å². The summed E-state index contributed by atoms with van der Waals surface area (Å²) in [6.07, 6.45) is 0.260. The second-order valence-corrected chi connectivity index (χ2v) is 10.1. The molecule has 0 radical (unpaired) electrons. The number of benzene rings is 3. The van der Waals surface area contributed by atoms with Crippen molar-refractivity contribution in [2.75, 3.05) is 29.6 Å². The Morgan fingerprint density at radius 2 is 1.00 bits per heavy atom. The minimum atomic E-state index is 0. The molecule has 1 saturated heterocycles. The van der Waals surface area contributed by atoms with Gasteiger partial charge in [0.15, 0.2) is 0 Å². The number of nitrogens with zero attached hydrogens (tertiary/aromatic N) is 2. The minimum absolute atomic E-state index is 0. The van der Waals surface area contributed by atoms with E-state index in [1.165, 1.54) is 50.3 Å². The number of ether oxygens (including phenoxy) is 1. The zero-order valence-corrected chi connectivity index (χ0v) is 27.0. The Balaban J connectivity index is 0.000000795. The first-order chi connectivity index (χ1) is 16.1. The standard InChI is InChI=1S/C21H28N2.C10H14O.2ClH.Ru/c1-14-9-16(3)20(17(4)10-14)22-7-8-23(13-22)21-18(5)11-15(2)12-19(21)6;1-8(2)11-10-7-5-4-6-9(10)3;;;/h9-12H,7-8,13H2,1-6H3;4-8H,1-3H3;2*1H;/q;;;;+6/p-2. The van der Waals surface area contributed by atoms with Crippen LogP contribution in [0.25, 0.3) is 0 Å². The second kappa shape index (κ2) is 15.6. The number of para-hydroxylation sites is 1. The van der Waals surface area contributed by atoms with Crippen molar-refractivity contribution in [2.45, 2.75) is 68.4 Å². The monoisotopic (exact) mass is 630 g/mol. The van der Waals surface area contributed by atoms with Gasteiger partial charge in [-0.3, -0.25) is 0 Å². The summed E-state index contributed by atoms with van der Waals surface area (Å²) in [7, 11) is 0. The molecule has 37 heavy (non-hydrogen) atoms. The van der Waals surface area contributed by atoms with E-state index in [0.29, 0.717) is 0 Å². The number of anilines is 2. The number of rotatable bonds is 4. The summed E-state index contributed by atoms with van der Waals surface area (Å²) >= 11 is 0. The van der Waals surface area contributed by atoms with Crippen molar-refractivity contribution in [3.8, 4) is 5.75 Å². The molecule has 0 N–H and O–H groups in total. The first-order valence-corrected chi connectivity index (χ1v) is 12.4. The van der Waals surface area contributed by atoms with E-state index in [1.54, 1.807) is 0 Å². The molecule has 0 bridgehead atoms. The Morgan fingerprint density at radius 3 is 1.35 bits per heavy atom. The molecule has 0 spiro atoms. The predicted octanol–water partition coefficient (Wildman–Crippen LogP) is 1.61. The average Bonchev–Trinajstić information content (AvgIpc) is 3.17. The Kier molecular flexibility index (Phi) is 14.9.